The summed E-state index contributed by atoms with van der Waals surface area (Å²) in [5.74, 6) is 6.12. The van der Waals surface area contributed by atoms with E-state index in [9.17, 15) is 4.79 Å². The molecule has 0 radical (unpaired) electrons. The highest BCUT2D eigenvalue weighted by Crippen LogP contribution is 2.15. The molecule has 1 amide bonds. The van der Waals surface area contributed by atoms with Crippen LogP contribution in [0.25, 0.3) is 0 Å². The molecule has 4 N–H and O–H groups in total. The predicted octanol–water partition coefficient (Wildman–Crippen LogP) is -0.157. The lowest BCUT2D eigenvalue weighted by atomic mass is 10.2. The van der Waals surface area contributed by atoms with Crippen molar-refractivity contribution >= 4 is 5.91 Å². The van der Waals surface area contributed by atoms with Gasteiger partial charge in [0.05, 0.1) is 12.1 Å². The minimum atomic E-state index is -0.324. The van der Waals surface area contributed by atoms with Gasteiger partial charge in [-0.2, -0.15) is 0 Å². The van der Waals surface area contributed by atoms with Crippen molar-refractivity contribution in [3.8, 4) is 0 Å². The van der Waals surface area contributed by atoms with Crippen LogP contribution in [-0.4, -0.2) is 38.0 Å². The van der Waals surface area contributed by atoms with Crippen molar-refractivity contribution in [1.29, 1.82) is 0 Å². The molecule has 0 aliphatic heterocycles. The number of aryl methyl sites for hydroxylation is 1. The Balaban J connectivity index is 2.63. The summed E-state index contributed by atoms with van der Waals surface area (Å²) < 4.78 is 5.51. The van der Waals surface area contributed by atoms with E-state index in [2.05, 4.69) is 15.6 Å². The molecule has 0 fully saturated rings. The number of nitrogen functional groups attached to an aromatic ring is 1. The summed E-state index contributed by atoms with van der Waals surface area (Å²) >= 11 is 0. The normalized spacial score (nSPS) is 10.9. The van der Waals surface area contributed by atoms with Gasteiger partial charge in [0.2, 0.25) is 0 Å². The van der Waals surface area contributed by atoms with Crippen LogP contribution in [0, 0.1) is 6.92 Å². The van der Waals surface area contributed by atoms with Gasteiger partial charge in [0.25, 0.3) is 5.91 Å². The van der Waals surface area contributed by atoms with Crippen LogP contribution in [0.5, 0.6) is 0 Å². The lowest BCUT2D eigenvalue weighted by molar-refractivity contribution is 0.0952. The zero-order valence-corrected chi connectivity index (χ0v) is 10.5. The molecule has 6 heteroatoms. The van der Waals surface area contributed by atoms with Crippen LogP contribution in [0.1, 0.15) is 21.9 Å². The highest BCUT2D eigenvalue weighted by atomic mass is 16.3. The van der Waals surface area contributed by atoms with Gasteiger partial charge >= 0.3 is 0 Å². The number of nitrogens with one attached hydrogen (secondary N) is 2. The van der Waals surface area contributed by atoms with Gasteiger partial charge in [-0.3, -0.25) is 15.1 Å². The SMILES string of the molecule is CNCCN(C)Cc1cc(C(=O)NN)c(C)o1. The van der Waals surface area contributed by atoms with Crippen LogP contribution in [-0.2, 0) is 6.54 Å². The number of nitrogens with two attached hydrogens (primary N) is 1. The number of nitrogens with zero attached hydrogens (tertiary/aromatic N) is 1. The molecular formula is C11H20N4O2. The van der Waals surface area contributed by atoms with E-state index in [0.29, 0.717) is 17.9 Å². The second kappa shape index (κ2) is 6.39. The summed E-state index contributed by atoms with van der Waals surface area (Å²) in [6, 6.07) is 1.73. The monoisotopic (exact) mass is 240 g/mol. The van der Waals surface area contributed by atoms with E-state index in [1.54, 1.807) is 13.0 Å². The fourth-order valence-corrected chi connectivity index (χ4v) is 1.57. The highest BCUT2D eigenvalue weighted by Gasteiger charge is 2.14. The highest BCUT2D eigenvalue weighted by molar-refractivity contribution is 5.94. The first-order chi connectivity index (χ1) is 8.08. The van der Waals surface area contributed by atoms with Crippen molar-refractivity contribution in [1.82, 2.24) is 15.6 Å². The van der Waals surface area contributed by atoms with E-state index in [-0.39, 0.29) is 5.91 Å². The lowest BCUT2D eigenvalue weighted by Gasteiger charge is -2.14. The Labute approximate surface area is 101 Å². The van der Waals surface area contributed by atoms with Crippen LogP contribution in [0.3, 0.4) is 0 Å². The summed E-state index contributed by atoms with van der Waals surface area (Å²) in [7, 11) is 3.91. The van der Waals surface area contributed by atoms with E-state index >= 15 is 0 Å². The van der Waals surface area contributed by atoms with Crippen LogP contribution >= 0.6 is 0 Å². The number of amides is 1. The third kappa shape index (κ3) is 3.85. The van der Waals surface area contributed by atoms with Gasteiger partial charge in [-0.05, 0) is 27.1 Å². The minimum absolute atomic E-state index is 0.324. The zero-order chi connectivity index (χ0) is 12.8. The zero-order valence-electron chi connectivity index (χ0n) is 10.5. The maximum atomic E-state index is 11.4. The molecule has 0 atom stereocenters. The van der Waals surface area contributed by atoms with Crippen molar-refractivity contribution < 1.29 is 9.21 Å². The number of furan rings is 1. The molecule has 1 aromatic rings. The van der Waals surface area contributed by atoms with Gasteiger partial charge < -0.3 is 9.73 Å². The third-order valence-corrected chi connectivity index (χ3v) is 2.51. The molecule has 0 aliphatic carbocycles. The van der Waals surface area contributed by atoms with Gasteiger partial charge in [0, 0.05) is 13.1 Å². The second-order valence-electron chi connectivity index (χ2n) is 4.00. The molecular weight excluding hydrogens is 220 g/mol. The van der Waals surface area contributed by atoms with Crippen molar-refractivity contribution in [2.75, 3.05) is 27.2 Å². The Kier molecular flexibility index (Phi) is 5.14. The first-order valence-corrected chi connectivity index (χ1v) is 5.52. The minimum Gasteiger partial charge on any atom is -0.464 e. The van der Waals surface area contributed by atoms with Crippen LogP contribution in [0.4, 0.5) is 0 Å². The van der Waals surface area contributed by atoms with Crippen molar-refractivity contribution in [2.45, 2.75) is 13.5 Å². The van der Waals surface area contributed by atoms with Gasteiger partial charge in [-0.25, -0.2) is 5.84 Å². The predicted molar refractivity (Wildman–Crippen MR) is 65.4 cm³/mol. The van der Waals surface area contributed by atoms with E-state index in [1.165, 1.54) is 0 Å². The quantitative estimate of drug-likeness (QED) is 0.366. The molecule has 1 rings (SSSR count). The third-order valence-electron chi connectivity index (χ3n) is 2.51. The molecule has 0 saturated carbocycles. The molecule has 0 spiro atoms. The second-order valence-corrected chi connectivity index (χ2v) is 4.00. The Morgan fingerprint density at radius 1 is 1.59 bits per heavy atom. The van der Waals surface area contributed by atoms with Gasteiger partial charge in [-0.15, -0.1) is 0 Å². The number of hydrogen-bond donors (Lipinski definition) is 3. The summed E-state index contributed by atoms with van der Waals surface area (Å²) in [6.07, 6.45) is 0. The Morgan fingerprint density at radius 3 is 2.88 bits per heavy atom. The Hall–Kier alpha value is -1.37. The van der Waals surface area contributed by atoms with Crippen LogP contribution in [0.15, 0.2) is 10.5 Å². The summed E-state index contributed by atoms with van der Waals surface area (Å²) in [6.45, 7) is 4.24. The largest absolute Gasteiger partial charge is 0.464 e. The van der Waals surface area contributed by atoms with Gasteiger partial charge in [-0.1, -0.05) is 0 Å². The number of rotatable bonds is 6. The van der Waals surface area contributed by atoms with Crippen LogP contribution in [0.2, 0.25) is 0 Å². The van der Waals surface area contributed by atoms with E-state index in [1.807, 2.05) is 14.1 Å². The van der Waals surface area contributed by atoms with E-state index in [0.717, 1.165) is 18.8 Å². The lowest BCUT2D eigenvalue weighted by Crippen LogP contribution is -2.30. The standard InChI is InChI=1S/C11H20N4O2/c1-8-10(11(16)14-12)6-9(17-8)7-15(3)5-4-13-2/h6,13H,4-5,7,12H2,1-3H3,(H,14,16). The number of likely N-dealkylation sites (N-methyl/N-ethyl adjacent to an activating group) is 2. The molecule has 0 bridgehead atoms. The van der Waals surface area contributed by atoms with Crippen LogP contribution < -0.4 is 16.6 Å². The molecule has 0 unspecified atom stereocenters. The number of hydrazine groups is 1. The molecule has 0 aromatic carbocycles. The van der Waals surface area contributed by atoms with Crippen molar-refractivity contribution in [2.24, 2.45) is 5.84 Å². The van der Waals surface area contributed by atoms with Gasteiger partial charge in [0.15, 0.2) is 0 Å². The molecule has 1 heterocycles. The molecule has 17 heavy (non-hydrogen) atoms. The first-order valence-electron chi connectivity index (χ1n) is 5.52. The summed E-state index contributed by atoms with van der Waals surface area (Å²) in [5, 5.41) is 3.08. The molecule has 0 aliphatic rings. The summed E-state index contributed by atoms with van der Waals surface area (Å²) in [4.78, 5) is 13.5. The van der Waals surface area contributed by atoms with E-state index in [4.69, 9.17) is 10.3 Å². The fourth-order valence-electron chi connectivity index (χ4n) is 1.57. The Bertz CT molecular complexity index is 376. The average Bonchev–Trinajstić information content (AvgIpc) is 2.66. The fraction of sp³-hybridized carbons (Fsp3) is 0.545. The Morgan fingerprint density at radius 2 is 2.29 bits per heavy atom. The number of carbonyl (C=O) groups excluding carboxylic acids is 1. The maximum absolute atomic E-state index is 11.4. The summed E-state index contributed by atoms with van der Waals surface area (Å²) in [5.41, 5.74) is 2.59. The molecule has 96 valence electrons. The molecule has 6 nitrogen and oxygen atoms in total. The topological polar surface area (TPSA) is 83.5 Å². The van der Waals surface area contributed by atoms with Gasteiger partial charge in [0.1, 0.15) is 11.5 Å². The van der Waals surface area contributed by atoms with Crippen molar-refractivity contribution in [3.05, 3.63) is 23.2 Å². The first kappa shape index (κ1) is 13.7. The number of carbonyl (C=O) groups is 1. The van der Waals surface area contributed by atoms with Crippen molar-refractivity contribution in [3.63, 3.8) is 0 Å². The average molecular weight is 240 g/mol. The maximum Gasteiger partial charge on any atom is 0.268 e. The molecule has 1 aromatic heterocycles. The number of hydrogen-bond acceptors (Lipinski definition) is 5. The van der Waals surface area contributed by atoms with E-state index < -0.39 is 0 Å². The smallest absolute Gasteiger partial charge is 0.268 e. The molecule has 0 saturated heterocycles.